The molecule has 0 heterocycles. The van der Waals surface area contributed by atoms with E-state index in [0.717, 1.165) is 0 Å². The van der Waals surface area contributed by atoms with E-state index in [1.54, 1.807) is 36.4 Å². The van der Waals surface area contributed by atoms with E-state index in [2.05, 4.69) is 10.0 Å². The van der Waals surface area contributed by atoms with Gasteiger partial charge in [-0.15, -0.1) is 0 Å². The van der Waals surface area contributed by atoms with E-state index < -0.39 is 15.9 Å². The van der Waals surface area contributed by atoms with E-state index in [4.69, 9.17) is 10.00 Å². The van der Waals surface area contributed by atoms with Crippen molar-refractivity contribution in [2.24, 2.45) is 0 Å². The van der Waals surface area contributed by atoms with Crippen molar-refractivity contribution in [1.82, 2.24) is 0 Å². The van der Waals surface area contributed by atoms with Crippen LogP contribution in [0.2, 0.25) is 0 Å². The number of hydrogen-bond donors (Lipinski definition) is 2. The van der Waals surface area contributed by atoms with Crippen LogP contribution in [0.25, 0.3) is 0 Å². The molecule has 3 rings (SSSR count). The van der Waals surface area contributed by atoms with E-state index in [9.17, 15) is 13.2 Å². The van der Waals surface area contributed by atoms with Gasteiger partial charge in [0, 0.05) is 5.69 Å². The van der Waals surface area contributed by atoms with Crippen LogP contribution in [-0.2, 0) is 10.0 Å². The molecule has 0 radical (unpaired) electrons. The van der Waals surface area contributed by atoms with Crippen molar-refractivity contribution in [3.63, 3.8) is 0 Å². The number of benzene rings is 3. The molecule has 0 aliphatic heterocycles. The normalized spacial score (nSPS) is 10.7. The summed E-state index contributed by atoms with van der Waals surface area (Å²) >= 11 is 0. The second-order valence-electron chi connectivity index (χ2n) is 6.20. The number of sulfonamides is 1. The third-order valence-corrected chi connectivity index (χ3v) is 5.51. The molecule has 3 aromatic carbocycles. The Morgan fingerprint density at radius 2 is 1.67 bits per heavy atom. The van der Waals surface area contributed by atoms with Crippen LogP contribution in [0.15, 0.2) is 77.7 Å². The quantitative estimate of drug-likeness (QED) is 0.599. The second kappa shape index (κ2) is 9.11. The Labute approximate surface area is 175 Å². The first-order valence-corrected chi connectivity index (χ1v) is 10.6. The largest absolute Gasteiger partial charge is 0.494 e. The molecule has 0 aliphatic rings. The SMILES string of the molecule is CCOc1ccc(NC(=O)c2ccccc2NS(=O)(=O)c2ccc(C#N)cc2)cc1. The number of nitrogens with one attached hydrogen (secondary N) is 2. The summed E-state index contributed by atoms with van der Waals surface area (Å²) in [6, 6.07) is 20.6. The Hall–Kier alpha value is -3.83. The number of nitriles is 1. The predicted molar refractivity (Wildman–Crippen MR) is 114 cm³/mol. The van der Waals surface area contributed by atoms with Crippen LogP contribution >= 0.6 is 0 Å². The number of hydrogen-bond acceptors (Lipinski definition) is 5. The molecule has 0 aromatic heterocycles. The molecule has 30 heavy (non-hydrogen) atoms. The lowest BCUT2D eigenvalue weighted by Crippen LogP contribution is -2.18. The summed E-state index contributed by atoms with van der Waals surface area (Å²) in [4.78, 5) is 12.7. The molecule has 3 aromatic rings. The van der Waals surface area contributed by atoms with Crippen LogP contribution in [0, 0.1) is 11.3 Å². The predicted octanol–water partition coefficient (Wildman–Crippen LogP) is 4.01. The lowest BCUT2D eigenvalue weighted by Gasteiger charge is -2.13. The minimum absolute atomic E-state index is 0.0109. The molecule has 0 unspecified atom stereocenters. The number of ether oxygens (including phenoxy) is 1. The van der Waals surface area contributed by atoms with Gasteiger partial charge in [0.05, 0.1) is 34.4 Å². The maximum atomic E-state index is 12.7. The standard InChI is InChI=1S/C22H19N3O4S/c1-2-29-18-11-9-17(10-12-18)24-22(26)20-5-3-4-6-21(20)25-30(27,28)19-13-7-16(15-23)8-14-19/h3-14,25H,2H2,1H3,(H,24,26). The minimum atomic E-state index is -3.94. The molecule has 0 saturated carbocycles. The Morgan fingerprint density at radius 1 is 1.00 bits per heavy atom. The van der Waals surface area contributed by atoms with Gasteiger partial charge in [-0.3, -0.25) is 9.52 Å². The number of carbonyl (C=O) groups excluding carboxylic acids is 1. The number of anilines is 2. The van der Waals surface area contributed by atoms with Crippen molar-refractivity contribution >= 4 is 27.3 Å². The third-order valence-electron chi connectivity index (χ3n) is 4.13. The van der Waals surface area contributed by atoms with E-state index in [0.29, 0.717) is 23.6 Å². The highest BCUT2D eigenvalue weighted by Gasteiger charge is 2.19. The first-order chi connectivity index (χ1) is 14.4. The molecular weight excluding hydrogens is 402 g/mol. The summed E-state index contributed by atoms with van der Waals surface area (Å²) in [7, 11) is -3.94. The molecule has 0 bridgehead atoms. The second-order valence-corrected chi connectivity index (χ2v) is 7.88. The van der Waals surface area contributed by atoms with E-state index in [1.165, 1.54) is 36.4 Å². The van der Waals surface area contributed by atoms with E-state index >= 15 is 0 Å². The Bertz CT molecular complexity index is 1180. The van der Waals surface area contributed by atoms with Gasteiger partial charge in [0.1, 0.15) is 5.75 Å². The monoisotopic (exact) mass is 421 g/mol. The van der Waals surface area contributed by atoms with Gasteiger partial charge in [-0.05, 0) is 67.6 Å². The van der Waals surface area contributed by atoms with Crippen molar-refractivity contribution in [1.29, 1.82) is 5.26 Å². The smallest absolute Gasteiger partial charge is 0.261 e. The first kappa shape index (κ1) is 20.9. The molecule has 0 aliphatic carbocycles. The van der Waals surface area contributed by atoms with Crippen molar-refractivity contribution in [3.05, 3.63) is 83.9 Å². The fourth-order valence-electron chi connectivity index (χ4n) is 2.68. The van der Waals surface area contributed by atoms with Gasteiger partial charge in [0.15, 0.2) is 0 Å². The Balaban J connectivity index is 1.81. The molecular formula is C22H19N3O4S. The Kier molecular flexibility index (Phi) is 6.35. The lowest BCUT2D eigenvalue weighted by molar-refractivity contribution is 0.102. The van der Waals surface area contributed by atoms with Gasteiger partial charge >= 0.3 is 0 Å². The summed E-state index contributed by atoms with van der Waals surface area (Å²) in [5.41, 5.74) is 1.21. The highest BCUT2D eigenvalue weighted by Crippen LogP contribution is 2.22. The molecule has 0 saturated heterocycles. The van der Waals surface area contributed by atoms with Crippen molar-refractivity contribution in [2.75, 3.05) is 16.6 Å². The van der Waals surface area contributed by atoms with Crippen LogP contribution in [0.4, 0.5) is 11.4 Å². The van der Waals surface area contributed by atoms with Crippen molar-refractivity contribution in [3.8, 4) is 11.8 Å². The van der Waals surface area contributed by atoms with Gasteiger partial charge in [0.2, 0.25) is 0 Å². The van der Waals surface area contributed by atoms with Gasteiger partial charge < -0.3 is 10.1 Å². The highest BCUT2D eigenvalue weighted by molar-refractivity contribution is 7.92. The number of nitrogens with zero attached hydrogens (tertiary/aromatic N) is 1. The third kappa shape index (κ3) is 4.96. The number of amides is 1. The summed E-state index contributed by atoms with van der Waals surface area (Å²) < 4.78 is 33.2. The molecule has 7 nitrogen and oxygen atoms in total. The van der Waals surface area contributed by atoms with Gasteiger partial charge in [-0.25, -0.2) is 8.42 Å². The van der Waals surface area contributed by atoms with Gasteiger partial charge in [-0.2, -0.15) is 5.26 Å². The van der Waals surface area contributed by atoms with Crippen molar-refractivity contribution < 1.29 is 17.9 Å². The zero-order chi connectivity index (χ0) is 21.6. The van der Waals surface area contributed by atoms with Crippen LogP contribution in [0.5, 0.6) is 5.75 Å². The maximum absolute atomic E-state index is 12.7. The van der Waals surface area contributed by atoms with Crippen LogP contribution in [0.3, 0.4) is 0 Å². The topological polar surface area (TPSA) is 108 Å². The Morgan fingerprint density at radius 3 is 2.30 bits per heavy atom. The number of rotatable bonds is 7. The average Bonchev–Trinajstić information content (AvgIpc) is 2.75. The van der Waals surface area contributed by atoms with Crippen molar-refractivity contribution in [2.45, 2.75) is 11.8 Å². The summed E-state index contributed by atoms with van der Waals surface area (Å²) in [5.74, 6) is 0.225. The summed E-state index contributed by atoms with van der Waals surface area (Å²) in [6.45, 7) is 2.42. The summed E-state index contributed by atoms with van der Waals surface area (Å²) in [6.07, 6.45) is 0. The first-order valence-electron chi connectivity index (χ1n) is 9.09. The highest BCUT2D eigenvalue weighted by atomic mass is 32.2. The molecule has 2 N–H and O–H groups in total. The lowest BCUT2D eigenvalue weighted by atomic mass is 10.1. The minimum Gasteiger partial charge on any atom is -0.494 e. The zero-order valence-corrected chi connectivity index (χ0v) is 16.9. The zero-order valence-electron chi connectivity index (χ0n) is 16.1. The molecule has 1 amide bonds. The average molecular weight is 421 g/mol. The summed E-state index contributed by atoms with van der Waals surface area (Å²) in [5, 5.41) is 11.6. The fourth-order valence-corrected chi connectivity index (χ4v) is 3.76. The molecule has 8 heteroatoms. The van der Waals surface area contributed by atoms with E-state index in [1.807, 2.05) is 13.0 Å². The van der Waals surface area contributed by atoms with Crippen LogP contribution < -0.4 is 14.8 Å². The van der Waals surface area contributed by atoms with E-state index in [-0.39, 0.29) is 16.1 Å². The molecule has 152 valence electrons. The fraction of sp³-hybridized carbons (Fsp3) is 0.0909. The maximum Gasteiger partial charge on any atom is 0.261 e. The molecule has 0 spiro atoms. The molecule has 0 fully saturated rings. The number of para-hydroxylation sites is 1. The van der Waals surface area contributed by atoms with Crippen LogP contribution in [-0.4, -0.2) is 20.9 Å². The molecule has 0 atom stereocenters. The number of carbonyl (C=O) groups is 1. The van der Waals surface area contributed by atoms with Gasteiger partial charge in [-0.1, -0.05) is 12.1 Å². The van der Waals surface area contributed by atoms with Gasteiger partial charge in [0.25, 0.3) is 15.9 Å². The van der Waals surface area contributed by atoms with Crippen LogP contribution in [0.1, 0.15) is 22.8 Å².